The van der Waals surface area contributed by atoms with Crippen LogP contribution in [0, 0.1) is 5.41 Å². The van der Waals surface area contributed by atoms with Crippen LogP contribution < -0.4 is 10.8 Å². The van der Waals surface area contributed by atoms with Gasteiger partial charge in [-0.3, -0.25) is 28.0 Å². The molecule has 0 radical (unpaired) electrons. The van der Waals surface area contributed by atoms with E-state index in [1.165, 1.54) is 19.2 Å². The Hall–Kier alpha value is -2.99. The molecule has 1 aliphatic rings. The van der Waals surface area contributed by atoms with Crippen molar-refractivity contribution < 1.29 is 57.2 Å². The van der Waals surface area contributed by atoms with Crippen LogP contribution in [0.3, 0.4) is 0 Å². The fourth-order valence-corrected chi connectivity index (χ4v) is 6.82. The van der Waals surface area contributed by atoms with Gasteiger partial charge in [0.25, 0.3) is 0 Å². The van der Waals surface area contributed by atoms with E-state index in [-0.39, 0.29) is 36.2 Å². The van der Waals surface area contributed by atoms with Crippen molar-refractivity contribution in [3.8, 4) is 0 Å². The highest BCUT2D eigenvalue weighted by atomic mass is 32.2. The molecule has 0 spiro atoms. The molecule has 16 nitrogen and oxygen atoms in total. The number of ether oxygens (including phenoxy) is 4. The summed E-state index contributed by atoms with van der Waals surface area (Å²) in [6, 6.07) is 9.20. The quantitative estimate of drug-likeness (QED) is 0.121. The number of hydrogen-bond acceptors (Lipinski definition) is 15. The number of esters is 2. The number of thioether (sulfide) groups is 1. The molecule has 3 rings (SSSR count). The standard InChI is InChI=1S/C32H46N3O13PS/c1-20(2)47-28(39)21(3)34-49(42,45-15-16-50-29(40)31(4,5)6)46-19-32(43-7)26(38)25(37)27(48-32)35-14-13-23(33-30(35)41)17-24(36)44-18-22-11-9-8-10-12-22/h8-14,20-21,25-27,37-38H,15-19H2,1-7H3,(H,34,42)/t21-,25+,26-,27+,32+,49?/m0/s1. The van der Waals surface area contributed by atoms with Gasteiger partial charge in [-0.25, -0.2) is 14.4 Å². The van der Waals surface area contributed by atoms with Gasteiger partial charge in [0.2, 0.25) is 5.79 Å². The first kappa shape index (κ1) is 41.4. The number of nitrogens with one attached hydrogen (secondary N) is 1. The monoisotopic (exact) mass is 743 g/mol. The van der Waals surface area contributed by atoms with E-state index >= 15 is 0 Å². The molecular weight excluding hydrogens is 697 g/mol. The van der Waals surface area contributed by atoms with Crippen LogP contribution in [-0.2, 0) is 60.0 Å². The molecule has 1 aliphatic heterocycles. The highest BCUT2D eigenvalue weighted by molar-refractivity contribution is 8.13. The Kier molecular flexibility index (Phi) is 14.9. The molecule has 1 aromatic heterocycles. The summed E-state index contributed by atoms with van der Waals surface area (Å²) in [6.07, 6.45) is -4.73. The predicted molar refractivity (Wildman–Crippen MR) is 181 cm³/mol. The van der Waals surface area contributed by atoms with Gasteiger partial charge in [0.1, 0.15) is 31.5 Å². The van der Waals surface area contributed by atoms with E-state index < -0.39 is 73.8 Å². The number of aromatic nitrogens is 2. The molecule has 0 aliphatic carbocycles. The number of hydrogen-bond donors (Lipinski definition) is 3. The average Bonchev–Trinajstić information content (AvgIpc) is 3.30. The van der Waals surface area contributed by atoms with Gasteiger partial charge in [-0.2, -0.15) is 4.98 Å². The molecule has 2 heterocycles. The van der Waals surface area contributed by atoms with E-state index in [1.54, 1.807) is 58.9 Å². The lowest BCUT2D eigenvalue weighted by Gasteiger charge is -2.32. The molecule has 1 unspecified atom stereocenters. The van der Waals surface area contributed by atoms with Gasteiger partial charge in [0, 0.05) is 24.5 Å². The van der Waals surface area contributed by atoms with E-state index in [2.05, 4.69) is 10.1 Å². The summed E-state index contributed by atoms with van der Waals surface area (Å²) in [5.41, 5.74) is -0.662. The van der Waals surface area contributed by atoms with Crippen LogP contribution in [0.15, 0.2) is 47.4 Å². The van der Waals surface area contributed by atoms with Crippen LogP contribution in [0.25, 0.3) is 0 Å². The number of methoxy groups -OCH3 is 1. The third-order valence-electron chi connectivity index (χ3n) is 7.14. The normalized spacial score (nSPS) is 22.6. The number of nitrogens with zero attached hydrogens (tertiary/aromatic N) is 2. The first-order valence-corrected chi connectivity index (χ1v) is 18.3. The Morgan fingerprint density at radius 1 is 1.12 bits per heavy atom. The largest absolute Gasteiger partial charge is 0.462 e. The topological polar surface area (TPSA) is 211 Å². The average molecular weight is 744 g/mol. The third-order valence-corrected chi connectivity index (χ3v) is 10.1. The summed E-state index contributed by atoms with van der Waals surface area (Å²) in [5, 5.41) is 24.3. The first-order chi connectivity index (χ1) is 23.4. The van der Waals surface area contributed by atoms with Crippen LogP contribution in [-0.4, -0.2) is 93.0 Å². The predicted octanol–water partition coefficient (Wildman–Crippen LogP) is 2.50. The zero-order chi connectivity index (χ0) is 37.3. The number of carbonyl (C=O) groups is 3. The number of aliphatic hydroxyl groups excluding tert-OH is 2. The lowest BCUT2D eigenvalue weighted by molar-refractivity contribution is -0.267. The Labute approximate surface area is 294 Å². The van der Waals surface area contributed by atoms with Gasteiger partial charge in [0.05, 0.1) is 24.8 Å². The molecule has 0 saturated carbocycles. The van der Waals surface area contributed by atoms with Crippen molar-refractivity contribution >= 4 is 36.6 Å². The Morgan fingerprint density at radius 2 is 1.80 bits per heavy atom. The van der Waals surface area contributed by atoms with Crippen LogP contribution in [0.4, 0.5) is 0 Å². The highest BCUT2D eigenvalue weighted by Gasteiger charge is 2.57. The maximum atomic E-state index is 13.9. The fourth-order valence-electron chi connectivity index (χ4n) is 4.42. The van der Waals surface area contributed by atoms with Crippen molar-refractivity contribution in [1.29, 1.82) is 0 Å². The Bertz CT molecular complexity index is 1570. The number of rotatable bonds is 17. The molecule has 3 N–H and O–H groups in total. The fraction of sp³-hybridized carbons (Fsp3) is 0.594. The maximum Gasteiger partial charge on any atom is 0.406 e. The zero-order valence-electron chi connectivity index (χ0n) is 29.1. The SMILES string of the molecule is CO[C@]1(COP(=O)(N[C@@H](C)C(=O)OC(C)C)OCCSC(=O)C(C)(C)C)O[C@@H](n2ccc(CC(=O)OCc3ccccc3)nc2=O)[C@H](O)[C@@H]1O. The van der Waals surface area contributed by atoms with Crippen LogP contribution in [0.2, 0.25) is 0 Å². The molecule has 0 bridgehead atoms. The molecule has 1 saturated heterocycles. The molecule has 50 heavy (non-hydrogen) atoms. The van der Waals surface area contributed by atoms with Crippen molar-refractivity contribution in [2.24, 2.45) is 5.41 Å². The maximum absolute atomic E-state index is 13.9. The van der Waals surface area contributed by atoms with Gasteiger partial charge in [-0.05, 0) is 32.4 Å². The molecule has 1 fully saturated rings. The second kappa shape index (κ2) is 18.0. The van der Waals surface area contributed by atoms with Crippen molar-refractivity contribution in [3.05, 3.63) is 64.3 Å². The highest BCUT2D eigenvalue weighted by Crippen LogP contribution is 2.48. The minimum atomic E-state index is -4.43. The molecule has 1 aromatic carbocycles. The lowest BCUT2D eigenvalue weighted by atomic mass is 10.00. The van der Waals surface area contributed by atoms with E-state index in [4.69, 9.17) is 28.0 Å². The van der Waals surface area contributed by atoms with Gasteiger partial charge < -0.3 is 29.2 Å². The summed E-state index contributed by atoms with van der Waals surface area (Å²) in [5.74, 6) is -3.46. The summed E-state index contributed by atoms with van der Waals surface area (Å²) < 4.78 is 47.6. The Balaban J connectivity index is 1.73. The Morgan fingerprint density at radius 3 is 2.40 bits per heavy atom. The van der Waals surface area contributed by atoms with Crippen molar-refractivity contribution in [1.82, 2.24) is 14.6 Å². The summed E-state index contributed by atoms with van der Waals surface area (Å²) in [4.78, 5) is 54.0. The van der Waals surface area contributed by atoms with Gasteiger partial charge in [-0.15, -0.1) is 0 Å². The van der Waals surface area contributed by atoms with Crippen LogP contribution in [0.1, 0.15) is 59.0 Å². The number of aliphatic hydroxyl groups is 2. The minimum Gasteiger partial charge on any atom is -0.462 e. The molecule has 0 amide bonds. The summed E-state index contributed by atoms with van der Waals surface area (Å²) >= 11 is 0.964. The van der Waals surface area contributed by atoms with Crippen LogP contribution in [0.5, 0.6) is 0 Å². The lowest BCUT2D eigenvalue weighted by Crippen LogP contribution is -2.49. The van der Waals surface area contributed by atoms with Crippen LogP contribution >= 0.6 is 19.5 Å². The number of benzene rings is 1. The van der Waals surface area contributed by atoms with Crippen molar-refractivity contribution in [2.45, 2.75) is 90.9 Å². The van der Waals surface area contributed by atoms with Gasteiger partial charge >= 0.3 is 25.4 Å². The van der Waals surface area contributed by atoms with Crippen molar-refractivity contribution in [3.63, 3.8) is 0 Å². The molecule has 2 aromatic rings. The molecular formula is C32H46N3O13PS. The van der Waals surface area contributed by atoms with Gasteiger partial charge in [0.15, 0.2) is 11.3 Å². The molecule has 278 valence electrons. The van der Waals surface area contributed by atoms with E-state index in [0.29, 0.717) is 0 Å². The zero-order valence-corrected chi connectivity index (χ0v) is 30.8. The molecule has 18 heteroatoms. The second-order valence-corrected chi connectivity index (χ2v) is 15.6. The summed E-state index contributed by atoms with van der Waals surface area (Å²) in [7, 11) is -3.30. The summed E-state index contributed by atoms with van der Waals surface area (Å²) in [6.45, 7) is 8.88. The number of carbonyl (C=O) groups excluding carboxylic acids is 3. The molecule has 6 atom stereocenters. The van der Waals surface area contributed by atoms with Gasteiger partial charge in [-0.1, -0.05) is 62.9 Å². The third kappa shape index (κ3) is 11.5. The second-order valence-electron chi connectivity index (χ2n) is 12.7. The minimum absolute atomic E-state index is 0.0438. The van der Waals surface area contributed by atoms with E-state index in [0.717, 1.165) is 29.0 Å². The van der Waals surface area contributed by atoms with Crippen molar-refractivity contribution in [2.75, 3.05) is 26.1 Å². The first-order valence-electron chi connectivity index (χ1n) is 15.8. The van der Waals surface area contributed by atoms with E-state index in [1.807, 2.05) is 6.07 Å². The van der Waals surface area contributed by atoms with E-state index in [9.17, 15) is 34.0 Å². The smallest absolute Gasteiger partial charge is 0.406 e.